The predicted octanol–water partition coefficient (Wildman–Crippen LogP) is 2.29. The lowest BCUT2D eigenvalue weighted by atomic mass is 9.69. The first-order valence-corrected chi connectivity index (χ1v) is 8.67. The molecule has 1 aromatic carbocycles. The van der Waals surface area contributed by atoms with E-state index in [1.165, 1.54) is 6.92 Å². The highest BCUT2D eigenvalue weighted by atomic mass is 16.5. The molecule has 2 aliphatic heterocycles. The van der Waals surface area contributed by atoms with E-state index in [-0.39, 0.29) is 24.0 Å². The first kappa shape index (κ1) is 17.6. The van der Waals surface area contributed by atoms with Crippen molar-refractivity contribution in [2.75, 3.05) is 20.8 Å². The van der Waals surface area contributed by atoms with Crippen LogP contribution in [0.15, 0.2) is 18.2 Å². The molecule has 0 bridgehead atoms. The zero-order valence-electron chi connectivity index (χ0n) is 15.2. The first-order chi connectivity index (χ1) is 12.0. The number of esters is 1. The molecule has 0 N–H and O–H groups in total. The van der Waals surface area contributed by atoms with Crippen LogP contribution in [0.5, 0.6) is 11.5 Å². The minimum Gasteiger partial charge on any atom is -0.493 e. The molecule has 3 rings (SSSR count). The van der Waals surface area contributed by atoms with E-state index in [1.54, 1.807) is 14.2 Å². The summed E-state index contributed by atoms with van der Waals surface area (Å²) in [5.74, 6) is 1.10. The minimum absolute atomic E-state index is 0.0347. The first-order valence-electron chi connectivity index (χ1n) is 8.67. The number of hydrogen-bond donors (Lipinski definition) is 0. The van der Waals surface area contributed by atoms with Gasteiger partial charge >= 0.3 is 5.97 Å². The molecule has 0 spiro atoms. The second-order valence-electron chi connectivity index (χ2n) is 6.66. The van der Waals surface area contributed by atoms with Gasteiger partial charge in [0.2, 0.25) is 5.91 Å². The van der Waals surface area contributed by atoms with Crippen molar-refractivity contribution in [3.8, 4) is 11.5 Å². The van der Waals surface area contributed by atoms with Gasteiger partial charge in [-0.3, -0.25) is 9.59 Å². The number of benzene rings is 1. The lowest BCUT2D eigenvalue weighted by molar-refractivity contribution is -0.149. The second-order valence-corrected chi connectivity index (χ2v) is 6.66. The maximum Gasteiger partial charge on any atom is 0.302 e. The van der Waals surface area contributed by atoms with E-state index in [0.29, 0.717) is 24.5 Å². The third-order valence-electron chi connectivity index (χ3n) is 5.67. The standard InChI is InChI=1S/C19H25NO5/c1-5-19(13-6-7-14(23-3)15(10-13)24-4)16-8-9-18(22)20(16)11-17(19)25-12(2)21/h6-7,10,16-17H,5,8-9,11H2,1-4H3/t16-,17+,19+/m0/s1. The van der Waals surface area contributed by atoms with Crippen molar-refractivity contribution < 1.29 is 23.8 Å². The number of ether oxygens (including phenoxy) is 3. The van der Waals surface area contributed by atoms with Crippen molar-refractivity contribution in [3.05, 3.63) is 23.8 Å². The fourth-order valence-corrected chi connectivity index (χ4v) is 4.57. The number of carbonyl (C=O) groups is 2. The van der Waals surface area contributed by atoms with E-state index in [1.807, 2.05) is 23.1 Å². The Morgan fingerprint density at radius 3 is 2.60 bits per heavy atom. The normalized spacial score (nSPS) is 28.0. The molecule has 0 radical (unpaired) electrons. The number of fused-ring (bicyclic) bond motifs is 1. The fraction of sp³-hybridized carbons (Fsp3) is 0.579. The highest BCUT2D eigenvalue weighted by Crippen LogP contribution is 2.50. The highest BCUT2D eigenvalue weighted by molar-refractivity contribution is 5.80. The average molecular weight is 347 g/mol. The van der Waals surface area contributed by atoms with E-state index < -0.39 is 5.41 Å². The molecule has 1 amide bonds. The van der Waals surface area contributed by atoms with Crippen molar-refractivity contribution in [1.82, 2.24) is 4.90 Å². The average Bonchev–Trinajstić information content (AvgIpc) is 3.11. The van der Waals surface area contributed by atoms with Crippen LogP contribution in [0.25, 0.3) is 0 Å². The van der Waals surface area contributed by atoms with Crippen LogP contribution < -0.4 is 9.47 Å². The van der Waals surface area contributed by atoms with Gasteiger partial charge in [-0.2, -0.15) is 0 Å². The molecule has 0 aliphatic carbocycles. The van der Waals surface area contributed by atoms with Gasteiger partial charge in [0.05, 0.1) is 26.2 Å². The summed E-state index contributed by atoms with van der Waals surface area (Å²) in [5, 5.41) is 0. The van der Waals surface area contributed by atoms with E-state index in [0.717, 1.165) is 18.4 Å². The number of methoxy groups -OCH3 is 2. The molecule has 2 heterocycles. The summed E-state index contributed by atoms with van der Waals surface area (Å²) >= 11 is 0. The third kappa shape index (κ3) is 2.64. The SMILES string of the molecule is CC[C@@]1(c2ccc(OC)c(OC)c2)[C@@H]2CCC(=O)N2C[C@H]1OC(C)=O. The van der Waals surface area contributed by atoms with Gasteiger partial charge in [-0.15, -0.1) is 0 Å². The summed E-state index contributed by atoms with van der Waals surface area (Å²) in [5.41, 5.74) is 0.582. The number of amides is 1. The van der Waals surface area contributed by atoms with Crippen molar-refractivity contribution in [2.45, 2.75) is 50.7 Å². The molecule has 2 saturated heterocycles. The van der Waals surface area contributed by atoms with Crippen LogP contribution in [-0.4, -0.2) is 49.7 Å². The summed E-state index contributed by atoms with van der Waals surface area (Å²) in [6.45, 7) is 3.95. The molecule has 0 aromatic heterocycles. The van der Waals surface area contributed by atoms with Gasteiger partial charge in [0.15, 0.2) is 11.5 Å². The van der Waals surface area contributed by atoms with Crippen LogP contribution in [0.1, 0.15) is 38.7 Å². The molecular weight excluding hydrogens is 322 g/mol. The smallest absolute Gasteiger partial charge is 0.302 e. The van der Waals surface area contributed by atoms with Gasteiger partial charge in [-0.05, 0) is 30.5 Å². The van der Waals surface area contributed by atoms with Gasteiger partial charge < -0.3 is 19.1 Å². The summed E-state index contributed by atoms with van der Waals surface area (Å²) in [6.07, 6.45) is 1.72. The van der Waals surface area contributed by atoms with Gasteiger partial charge in [-0.1, -0.05) is 13.0 Å². The van der Waals surface area contributed by atoms with Crippen LogP contribution in [0.3, 0.4) is 0 Å². The summed E-state index contributed by atoms with van der Waals surface area (Å²) in [7, 11) is 3.20. The molecule has 1 aromatic rings. The van der Waals surface area contributed by atoms with Crippen LogP contribution >= 0.6 is 0 Å². The zero-order chi connectivity index (χ0) is 18.2. The molecular formula is C19H25NO5. The lowest BCUT2D eigenvalue weighted by Gasteiger charge is -2.38. The highest BCUT2D eigenvalue weighted by Gasteiger charge is 2.59. The molecule has 6 heteroatoms. The van der Waals surface area contributed by atoms with Crippen LogP contribution in [0.4, 0.5) is 0 Å². The Morgan fingerprint density at radius 1 is 1.28 bits per heavy atom. The van der Waals surface area contributed by atoms with Crippen molar-refractivity contribution in [2.24, 2.45) is 0 Å². The number of carbonyl (C=O) groups excluding carboxylic acids is 2. The van der Waals surface area contributed by atoms with E-state index in [9.17, 15) is 9.59 Å². The van der Waals surface area contributed by atoms with Crippen molar-refractivity contribution in [3.63, 3.8) is 0 Å². The minimum atomic E-state index is -0.433. The van der Waals surface area contributed by atoms with Crippen molar-refractivity contribution >= 4 is 11.9 Å². The van der Waals surface area contributed by atoms with E-state index >= 15 is 0 Å². The molecule has 3 atom stereocenters. The maximum atomic E-state index is 12.3. The lowest BCUT2D eigenvalue weighted by Crippen LogP contribution is -2.46. The second kappa shape index (κ2) is 6.58. The Hall–Kier alpha value is -2.24. The third-order valence-corrected chi connectivity index (χ3v) is 5.67. The number of rotatable bonds is 5. The summed E-state index contributed by atoms with van der Waals surface area (Å²) in [6, 6.07) is 5.85. The zero-order valence-corrected chi connectivity index (χ0v) is 15.2. The largest absolute Gasteiger partial charge is 0.493 e. The van der Waals surface area contributed by atoms with E-state index in [2.05, 4.69) is 6.92 Å². The van der Waals surface area contributed by atoms with Gasteiger partial charge in [0.25, 0.3) is 0 Å². The van der Waals surface area contributed by atoms with E-state index in [4.69, 9.17) is 14.2 Å². The molecule has 2 fully saturated rings. The fourth-order valence-electron chi connectivity index (χ4n) is 4.57. The van der Waals surface area contributed by atoms with Crippen molar-refractivity contribution in [1.29, 1.82) is 0 Å². The molecule has 0 unspecified atom stereocenters. The molecule has 2 aliphatic rings. The maximum absolute atomic E-state index is 12.3. The quantitative estimate of drug-likeness (QED) is 0.765. The van der Waals surface area contributed by atoms with Gasteiger partial charge in [-0.25, -0.2) is 0 Å². The molecule has 136 valence electrons. The van der Waals surface area contributed by atoms with Crippen LogP contribution in [0, 0.1) is 0 Å². The van der Waals surface area contributed by atoms with Gasteiger partial charge in [0.1, 0.15) is 6.10 Å². The topological polar surface area (TPSA) is 65.1 Å². The Bertz CT molecular complexity index is 688. The Kier molecular flexibility index (Phi) is 4.62. The summed E-state index contributed by atoms with van der Waals surface area (Å²) < 4.78 is 16.5. The summed E-state index contributed by atoms with van der Waals surface area (Å²) in [4.78, 5) is 25.9. The molecule has 0 saturated carbocycles. The molecule has 6 nitrogen and oxygen atoms in total. The number of hydrogen-bond acceptors (Lipinski definition) is 5. The van der Waals surface area contributed by atoms with Crippen LogP contribution in [0.2, 0.25) is 0 Å². The Balaban J connectivity index is 2.11. The molecule has 25 heavy (non-hydrogen) atoms. The number of nitrogens with zero attached hydrogens (tertiary/aromatic N) is 1. The van der Waals surface area contributed by atoms with Gasteiger partial charge in [0, 0.05) is 19.4 Å². The Morgan fingerprint density at radius 2 is 2.00 bits per heavy atom. The monoisotopic (exact) mass is 347 g/mol. The predicted molar refractivity (Wildman–Crippen MR) is 91.8 cm³/mol. The Labute approximate surface area is 148 Å². The van der Waals surface area contributed by atoms with Crippen LogP contribution in [-0.2, 0) is 19.7 Å².